The molecule has 2 heterocycles. The van der Waals surface area contributed by atoms with Crippen LogP contribution in [0.5, 0.6) is 5.88 Å². The fourth-order valence-electron chi connectivity index (χ4n) is 2.77. The van der Waals surface area contributed by atoms with E-state index < -0.39 is 0 Å². The number of aromatic hydroxyl groups is 1. The van der Waals surface area contributed by atoms with Crippen molar-refractivity contribution < 1.29 is 5.11 Å². The third-order valence-corrected chi connectivity index (χ3v) is 5.41. The van der Waals surface area contributed by atoms with Crippen molar-refractivity contribution in [3.63, 3.8) is 0 Å². The molecule has 2 aromatic rings. The molecular weight excluding hydrogens is 324 g/mol. The van der Waals surface area contributed by atoms with E-state index in [1.165, 1.54) is 11.3 Å². The first-order valence-corrected chi connectivity index (χ1v) is 9.13. The van der Waals surface area contributed by atoms with Crippen molar-refractivity contribution in [3.8, 4) is 5.88 Å². The lowest BCUT2D eigenvalue weighted by atomic mass is 10.0. The highest BCUT2D eigenvalue weighted by Gasteiger charge is 2.19. The Labute approximate surface area is 145 Å². The second-order valence-corrected chi connectivity index (χ2v) is 7.36. The standard InChI is InChI=1S/C18H20N2OS2/c1-3-4-7-10-20-17(21)16(23-18(20)22)11-14-12(2)19-15-9-6-5-8-13(14)15/h5-6,8-9,11,21H,3-4,7,10H2,1-2H3/b14-11+. The van der Waals surface area contributed by atoms with Gasteiger partial charge < -0.3 is 5.11 Å². The minimum Gasteiger partial charge on any atom is -0.493 e. The average Bonchev–Trinajstić information content (AvgIpc) is 2.99. The highest BCUT2D eigenvalue weighted by atomic mass is 32.1. The predicted octanol–water partition coefficient (Wildman–Crippen LogP) is 5.82. The van der Waals surface area contributed by atoms with Crippen LogP contribution in [0, 0.1) is 3.95 Å². The molecule has 0 unspecified atom stereocenters. The average molecular weight is 345 g/mol. The minimum atomic E-state index is 0.279. The zero-order valence-electron chi connectivity index (χ0n) is 13.4. The summed E-state index contributed by atoms with van der Waals surface area (Å²) in [5.41, 5.74) is 4.14. The fraction of sp³-hybridized carbons (Fsp3) is 0.333. The van der Waals surface area contributed by atoms with Crippen LogP contribution in [0.4, 0.5) is 5.69 Å². The number of thiazole rings is 1. The zero-order valence-corrected chi connectivity index (χ0v) is 15.0. The van der Waals surface area contributed by atoms with Crippen LogP contribution in [0.15, 0.2) is 29.3 Å². The molecule has 0 fully saturated rings. The SMILES string of the molecule is CCCCCn1c(O)c(/C=C2\C(C)=Nc3ccccc32)sc1=S. The molecule has 23 heavy (non-hydrogen) atoms. The smallest absolute Gasteiger partial charge is 0.210 e. The number of aromatic nitrogens is 1. The molecule has 3 rings (SSSR count). The number of unbranched alkanes of at least 4 members (excludes halogenated alkanes) is 2. The van der Waals surface area contributed by atoms with Crippen molar-refractivity contribution in [2.45, 2.75) is 39.7 Å². The lowest BCUT2D eigenvalue weighted by Gasteiger charge is -2.04. The number of nitrogens with zero attached hydrogens (tertiary/aromatic N) is 2. The summed E-state index contributed by atoms with van der Waals surface area (Å²) in [6, 6.07) is 8.08. The number of rotatable bonds is 5. The summed E-state index contributed by atoms with van der Waals surface area (Å²) < 4.78 is 2.57. The molecule has 1 aromatic carbocycles. The number of hydrogen-bond donors (Lipinski definition) is 1. The Hall–Kier alpha value is -1.72. The third-order valence-electron chi connectivity index (χ3n) is 4.03. The van der Waals surface area contributed by atoms with E-state index in [1.807, 2.05) is 35.8 Å². The van der Waals surface area contributed by atoms with Gasteiger partial charge in [0.2, 0.25) is 5.88 Å². The van der Waals surface area contributed by atoms with Crippen molar-refractivity contribution in [1.82, 2.24) is 4.57 Å². The summed E-state index contributed by atoms with van der Waals surface area (Å²) in [6.45, 7) is 4.95. The van der Waals surface area contributed by atoms with Crippen LogP contribution in [0.2, 0.25) is 0 Å². The molecule has 0 saturated heterocycles. The molecule has 1 N–H and O–H groups in total. The Kier molecular flexibility index (Phi) is 4.78. The van der Waals surface area contributed by atoms with Gasteiger partial charge in [0.1, 0.15) is 0 Å². The highest BCUT2D eigenvalue weighted by Crippen LogP contribution is 2.38. The summed E-state index contributed by atoms with van der Waals surface area (Å²) >= 11 is 6.88. The van der Waals surface area contributed by atoms with Gasteiger partial charge in [-0.15, -0.1) is 11.3 Å². The summed E-state index contributed by atoms with van der Waals surface area (Å²) in [5, 5.41) is 10.5. The van der Waals surface area contributed by atoms with E-state index in [1.54, 1.807) is 0 Å². The first kappa shape index (κ1) is 16.1. The Morgan fingerprint density at radius 1 is 1.30 bits per heavy atom. The van der Waals surface area contributed by atoms with Gasteiger partial charge in [-0.05, 0) is 37.7 Å². The van der Waals surface area contributed by atoms with Crippen molar-refractivity contribution in [3.05, 3.63) is 38.7 Å². The number of aliphatic imine (C=N–C) groups is 1. The Morgan fingerprint density at radius 2 is 2.09 bits per heavy atom. The van der Waals surface area contributed by atoms with Gasteiger partial charge in [-0.2, -0.15) is 0 Å². The van der Waals surface area contributed by atoms with Crippen molar-refractivity contribution in [1.29, 1.82) is 0 Å². The van der Waals surface area contributed by atoms with Crippen molar-refractivity contribution >= 4 is 46.6 Å². The van der Waals surface area contributed by atoms with Gasteiger partial charge in [-0.1, -0.05) is 38.0 Å². The van der Waals surface area contributed by atoms with Gasteiger partial charge in [0.25, 0.3) is 0 Å². The second-order valence-electron chi connectivity index (χ2n) is 5.69. The molecule has 1 aliphatic rings. The van der Waals surface area contributed by atoms with E-state index in [0.29, 0.717) is 0 Å². The van der Waals surface area contributed by atoms with Gasteiger partial charge in [-0.3, -0.25) is 9.56 Å². The molecule has 1 aromatic heterocycles. The maximum Gasteiger partial charge on any atom is 0.210 e. The molecule has 5 heteroatoms. The second kappa shape index (κ2) is 6.81. The van der Waals surface area contributed by atoms with E-state index in [-0.39, 0.29) is 5.88 Å². The monoisotopic (exact) mass is 344 g/mol. The van der Waals surface area contributed by atoms with E-state index >= 15 is 0 Å². The molecular formula is C18H20N2OS2. The van der Waals surface area contributed by atoms with Crippen molar-refractivity contribution in [2.24, 2.45) is 4.99 Å². The van der Waals surface area contributed by atoms with Crippen LogP contribution in [-0.2, 0) is 6.54 Å². The molecule has 120 valence electrons. The third kappa shape index (κ3) is 3.16. The van der Waals surface area contributed by atoms with Gasteiger partial charge in [-0.25, -0.2) is 0 Å². The van der Waals surface area contributed by atoms with Gasteiger partial charge in [0.15, 0.2) is 3.95 Å². The first-order valence-electron chi connectivity index (χ1n) is 7.91. The van der Waals surface area contributed by atoms with Crippen LogP contribution in [0.25, 0.3) is 11.6 Å². The van der Waals surface area contributed by atoms with E-state index in [0.717, 1.165) is 57.2 Å². The number of fused-ring (bicyclic) bond motifs is 1. The molecule has 0 amide bonds. The Bertz CT molecular complexity index is 843. The number of benzene rings is 1. The Morgan fingerprint density at radius 3 is 2.87 bits per heavy atom. The minimum absolute atomic E-state index is 0.279. The molecule has 0 radical (unpaired) electrons. The van der Waals surface area contributed by atoms with Crippen LogP contribution in [-0.4, -0.2) is 15.4 Å². The summed E-state index contributed by atoms with van der Waals surface area (Å²) in [6.07, 6.45) is 5.35. The molecule has 0 saturated carbocycles. The predicted molar refractivity (Wildman–Crippen MR) is 101 cm³/mol. The molecule has 1 aliphatic heterocycles. The normalized spacial score (nSPS) is 15.0. The molecule has 0 aliphatic carbocycles. The summed E-state index contributed by atoms with van der Waals surface area (Å²) in [7, 11) is 0. The van der Waals surface area contributed by atoms with Gasteiger partial charge in [0, 0.05) is 23.4 Å². The fourth-order valence-corrected chi connectivity index (χ4v) is 4.07. The lowest BCUT2D eigenvalue weighted by molar-refractivity contribution is 0.408. The molecule has 0 bridgehead atoms. The summed E-state index contributed by atoms with van der Waals surface area (Å²) in [4.78, 5) is 5.40. The first-order chi connectivity index (χ1) is 11.1. The zero-order chi connectivity index (χ0) is 16.4. The Balaban J connectivity index is 1.96. The maximum atomic E-state index is 10.5. The van der Waals surface area contributed by atoms with Crippen molar-refractivity contribution in [2.75, 3.05) is 0 Å². The maximum absolute atomic E-state index is 10.5. The quantitative estimate of drug-likeness (QED) is 0.548. The number of hydrogen-bond acceptors (Lipinski definition) is 4. The number of para-hydroxylation sites is 1. The molecule has 3 nitrogen and oxygen atoms in total. The van der Waals surface area contributed by atoms with Crippen LogP contribution >= 0.6 is 23.6 Å². The van der Waals surface area contributed by atoms with Crippen LogP contribution < -0.4 is 0 Å². The van der Waals surface area contributed by atoms with E-state index in [9.17, 15) is 5.11 Å². The van der Waals surface area contributed by atoms with Gasteiger partial charge in [0.05, 0.1) is 10.6 Å². The topological polar surface area (TPSA) is 37.5 Å². The summed E-state index contributed by atoms with van der Waals surface area (Å²) in [5.74, 6) is 0.279. The van der Waals surface area contributed by atoms with Crippen LogP contribution in [0.3, 0.4) is 0 Å². The lowest BCUT2D eigenvalue weighted by Crippen LogP contribution is -1.97. The van der Waals surface area contributed by atoms with Gasteiger partial charge >= 0.3 is 0 Å². The van der Waals surface area contributed by atoms with E-state index in [2.05, 4.69) is 18.0 Å². The van der Waals surface area contributed by atoms with E-state index in [4.69, 9.17) is 12.2 Å². The molecule has 0 atom stereocenters. The molecule has 0 spiro atoms. The largest absolute Gasteiger partial charge is 0.493 e. The number of allylic oxidation sites excluding steroid dienone is 1. The highest BCUT2D eigenvalue weighted by molar-refractivity contribution is 7.73. The van der Waals surface area contributed by atoms with Crippen LogP contribution in [0.1, 0.15) is 43.6 Å².